The molecule has 108 valence electrons. The number of aromatic nitrogens is 2. The van der Waals surface area contributed by atoms with Crippen LogP contribution in [0.5, 0.6) is 0 Å². The standard InChI is InChI=1S/C14H27N5/c1-4-12-13(15)14(18(3)17-12)16-10-11(2)19-8-6-5-7-9-19/h11,16H,4-10,15H2,1-3H3. The van der Waals surface area contributed by atoms with Gasteiger partial charge < -0.3 is 11.1 Å². The molecule has 0 radical (unpaired) electrons. The maximum Gasteiger partial charge on any atom is 0.147 e. The van der Waals surface area contributed by atoms with E-state index in [1.165, 1.54) is 32.4 Å². The van der Waals surface area contributed by atoms with Crippen LogP contribution in [0.15, 0.2) is 0 Å². The minimum Gasteiger partial charge on any atom is -0.394 e. The average Bonchev–Trinajstić information content (AvgIpc) is 2.72. The monoisotopic (exact) mass is 265 g/mol. The predicted molar refractivity (Wildman–Crippen MR) is 80.4 cm³/mol. The van der Waals surface area contributed by atoms with Crippen molar-refractivity contribution in [2.45, 2.75) is 45.6 Å². The predicted octanol–water partition coefficient (Wildman–Crippen LogP) is 1.85. The summed E-state index contributed by atoms with van der Waals surface area (Å²) in [4.78, 5) is 2.56. The maximum absolute atomic E-state index is 6.12. The van der Waals surface area contributed by atoms with Crippen molar-refractivity contribution >= 4 is 11.5 Å². The fraction of sp³-hybridized carbons (Fsp3) is 0.786. The Hall–Kier alpha value is -1.23. The largest absolute Gasteiger partial charge is 0.394 e. The van der Waals surface area contributed by atoms with Gasteiger partial charge in [-0.05, 0) is 39.3 Å². The molecule has 1 fully saturated rings. The SMILES string of the molecule is CCc1nn(C)c(NCC(C)N2CCCCC2)c1N. The fourth-order valence-electron chi connectivity index (χ4n) is 2.80. The molecule has 1 aliphatic heterocycles. The number of rotatable bonds is 5. The Morgan fingerprint density at radius 2 is 2.00 bits per heavy atom. The highest BCUT2D eigenvalue weighted by molar-refractivity contribution is 5.65. The quantitative estimate of drug-likeness (QED) is 0.853. The Morgan fingerprint density at radius 3 is 2.58 bits per heavy atom. The first-order valence-electron chi connectivity index (χ1n) is 7.42. The van der Waals surface area contributed by atoms with E-state index in [4.69, 9.17) is 5.73 Å². The van der Waals surface area contributed by atoms with Gasteiger partial charge in [0.05, 0.1) is 11.4 Å². The molecule has 0 amide bonds. The lowest BCUT2D eigenvalue weighted by Gasteiger charge is -2.32. The molecule has 19 heavy (non-hydrogen) atoms. The molecule has 1 unspecified atom stereocenters. The minimum atomic E-state index is 0.541. The summed E-state index contributed by atoms with van der Waals surface area (Å²) in [7, 11) is 1.95. The normalized spacial score (nSPS) is 18.5. The molecular formula is C14H27N5. The van der Waals surface area contributed by atoms with E-state index in [1.54, 1.807) is 0 Å². The molecule has 5 nitrogen and oxygen atoms in total. The molecule has 0 spiro atoms. The third-order valence-electron chi connectivity index (χ3n) is 4.07. The first-order valence-corrected chi connectivity index (χ1v) is 7.42. The second-order valence-electron chi connectivity index (χ2n) is 5.51. The smallest absolute Gasteiger partial charge is 0.147 e. The van der Waals surface area contributed by atoms with Crippen LogP contribution in [0.3, 0.4) is 0 Å². The van der Waals surface area contributed by atoms with E-state index >= 15 is 0 Å². The molecule has 0 aromatic carbocycles. The van der Waals surface area contributed by atoms with Crippen LogP contribution in [-0.4, -0.2) is 40.4 Å². The summed E-state index contributed by atoms with van der Waals surface area (Å²) in [6, 6.07) is 0.541. The van der Waals surface area contributed by atoms with Gasteiger partial charge in [-0.25, -0.2) is 0 Å². The number of anilines is 2. The molecule has 2 heterocycles. The van der Waals surface area contributed by atoms with E-state index in [-0.39, 0.29) is 0 Å². The molecule has 3 N–H and O–H groups in total. The molecular weight excluding hydrogens is 238 g/mol. The van der Waals surface area contributed by atoms with E-state index in [0.717, 1.165) is 30.2 Å². The van der Waals surface area contributed by atoms with Crippen molar-refractivity contribution in [3.63, 3.8) is 0 Å². The fourth-order valence-corrected chi connectivity index (χ4v) is 2.80. The van der Waals surface area contributed by atoms with Gasteiger partial charge in [0.25, 0.3) is 0 Å². The van der Waals surface area contributed by atoms with Gasteiger partial charge in [-0.3, -0.25) is 9.58 Å². The van der Waals surface area contributed by atoms with Gasteiger partial charge in [-0.1, -0.05) is 13.3 Å². The van der Waals surface area contributed by atoms with E-state index in [2.05, 4.69) is 29.2 Å². The highest BCUT2D eigenvalue weighted by Crippen LogP contribution is 2.22. The summed E-state index contributed by atoms with van der Waals surface area (Å²) in [6.07, 6.45) is 4.92. The lowest BCUT2D eigenvalue weighted by Crippen LogP contribution is -2.41. The number of piperidine rings is 1. The molecule has 1 aliphatic rings. The van der Waals surface area contributed by atoms with Crippen LogP contribution in [0.25, 0.3) is 0 Å². The number of nitrogens with two attached hydrogens (primary N) is 1. The third-order valence-corrected chi connectivity index (χ3v) is 4.07. The number of nitrogens with zero attached hydrogens (tertiary/aromatic N) is 3. The van der Waals surface area contributed by atoms with Crippen LogP contribution in [-0.2, 0) is 13.5 Å². The molecule has 0 aliphatic carbocycles. The Morgan fingerprint density at radius 1 is 1.32 bits per heavy atom. The zero-order chi connectivity index (χ0) is 13.8. The molecule has 0 saturated carbocycles. The summed E-state index contributed by atoms with van der Waals surface area (Å²) >= 11 is 0. The number of nitrogen functional groups attached to an aromatic ring is 1. The Bertz CT molecular complexity index is 406. The lowest BCUT2D eigenvalue weighted by atomic mass is 10.1. The summed E-state index contributed by atoms with van der Waals surface area (Å²) in [6.45, 7) is 7.74. The van der Waals surface area contributed by atoms with Crippen LogP contribution in [0, 0.1) is 0 Å². The van der Waals surface area contributed by atoms with Crippen molar-refractivity contribution in [2.24, 2.45) is 7.05 Å². The number of hydrogen-bond donors (Lipinski definition) is 2. The zero-order valence-electron chi connectivity index (χ0n) is 12.4. The van der Waals surface area contributed by atoms with Crippen molar-refractivity contribution in [2.75, 3.05) is 30.7 Å². The lowest BCUT2D eigenvalue weighted by molar-refractivity contribution is 0.180. The van der Waals surface area contributed by atoms with Gasteiger partial charge in [0, 0.05) is 19.6 Å². The maximum atomic E-state index is 6.12. The van der Waals surface area contributed by atoms with Crippen molar-refractivity contribution in [3.8, 4) is 0 Å². The van der Waals surface area contributed by atoms with Crippen LogP contribution >= 0.6 is 0 Å². The van der Waals surface area contributed by atoms with Crippen molar-refractivity contribution in [3.05, 3.63) is 5.69 Å². The van der Waals surface area contributed by atoms with Gasteiger partial charge in [0.2, 0.25) is 0 Å². The van der Waals surface area contributed by atoms with Crippen LogP contribution < -0.4 is 11.1 Å². The molecule has 1 aromatic heterocycles. The Labute approximate surface area is 116 Å². The number of nitrogens with one attached hydrogen (secondary N) is 1. The molecule has 5 heteroatoms. The van der Waals surface area contributed by atoms with Crippen LogP contribution in [0.4, 0.5) is 11.5 Å². The average molecular weight is 265 g/mol. The van der Waals surface area contributed by atoms with E-state index < -0.39 is 0 Å². The molecule has 1 saturated heterocycles. The van der Waals surface area contributed by atoms with Crippen molar-refractivity contribution in [1.29, 1.82) is 0 Å². The van der Waals surface area contributed by atoms with Gasteiger partial charge >= 0.3 is 0 Å². The molecule has 1 aromatic rings. The van der Waals surface area contributed by atoms with Gasteiger partial charge in [0.1, 0.15) is 5.82 Å². The summed E-state index contributed by atoms with van der Waals surface area (Å²) in [5.41, 5.74) is 7.90. The molecule has 2 rings (SSSR count). The molecule has 0 bridgehead atoms. The Balaban J connectivity index is 1.92. The molecule has 1 atom stereocenters. The van der Waals surface area contributed by atoms with Crippen molar-refractivity contribution < 1.29 is 0 Å². The number of hydrogen-bond acceptors (Lipinski definition) is 4. The minimum absolute atomic E-state index is 0.541. The zero-order valence-corrected chi connectivity index (χ0v) is 12.4. The number of likely N-dealkylation sites (tertiary alicyclic amines) is 1. The number of aryl methyl sites for hydroxylation is 2. The second kappa shape index (κ2) is 6.28. The van der Waals surface area contributed by atoms with Gasteiger partial charge in [-0.2, -0.15) is 5.10 Å². The van der Waals surface area contributed by atoms with Crippen LogP contribution in [0.2, 0.25) is 0 Å². The third kappa shape index (κ3) is 3.21. The summed E-state index contributed by atoms with van der Waals surface area (Å²) in [5, 5.41) is 7.90. The van der Waals surface area contributed by atoms with Crippen LogP contribution in [0.1, 0.15) is 38.8 Å². The van der Waals surface area contributed by atoms with Gasteiger partial charge in [-0.15, -0.1) is 0 Å². The van der Waals surface area contributed by atoms with E-state index in [1.807, 2.05) is 11.7 Å². The first kappa shape index (κ1) is 14.2. The Kier molecular flexibility index (Phi) is 4.69. The second-order valence-corrected chi connectivity index (χ2v) is 5.51. The highest BCUT2D eigenvalue weighted by Gasteiger charge is 2.18. The van der Waals surface area contributed by atoms with Gasteiger partial charge in [0.15, 0.2) is 0 Å². The van der Waals surface area contributed by atoms with E-state index in [0.29, 0.717) is 6.04 Å². The van der Waals surface area contributed by atoms with Crippen molar-refractivity contribution in [1.82, 2.24) is 14.7 Å². The van der Waals surface area contributed by atoms with E-state index in [9.17, 15) is 0 Å². The summed E-state index contributed by atoms with van der Waals surface area (Å²) < 4.78 is 1.86. The highest BCUT2D eigenvalue weighted by atomic mass is 15.3. The first-order chi connectivity index (χ1) is 9.13. The summed E-state index contributed by atoms with van der Waals surface area (Å²) in [5.74, 6) is 0.959. The topological polar surface area (TPSA) is 59.1 Å².